The third kappa shape index (κ3) is 5.66. The number of anilines is 2. The van der Waals surface area contributed by atoms with Gasteiger partial charge < -0.3 is 15.0 Å². The van der Waals surface area contributed by atoms with Crippen LogP contribution in [0.3, 0.4) is 0 Å². The van der Waals surface area contributed by atoms with Crippen molar-refractivity contribution in [3.05, 3.63) is 87.4 Å². The Morgan fingerprint density at radius 2 is 1.71 bits per heavy atom. The van der Waals surface area contributed by atoms with Crippen molar-refractivity contribution < 1.29 is 4.74 Å². The molecule has 0 unspecified atom stereocenters. The van der Waals surface area contributed by atoms with E-state index in [2.05, 4.69) is 41.4 Å². The van der Waals surface area contributed by atoms with Crippen LogP contribution in [-0.4, -0.2) is 13.1 Å². The van der Waals surface area contributed by atoms with Crippen molar-refractivity contribution >= 4 is 34.6 Å². The lowest BCUT2D eigenvalue weighted by molar-refractivity contribution is 0.302. The van der Waals surface area contributed by atoms with Crippen molar-refractivity contribution in [3.63, 3.8) is 0 Å². The third-order valence-electron chi connectivity index (χ3n) is 5.79. The van der Waals surface area contributed by atoms with E-state index in [-0.39, 0.29) is 0 Å². The lowest BCUT2D eigenvalue weighted by Gasteiger charge is -2.29. The van der Waals surface area contributed by atoms with Crippen LogP contribution in [0.2, 0.25) is 10.0 Å². The average Bonchev–Trinajstić information content (AvgIpc) is 2.78. The Morgan fingerprint density at radius 1 is 0.903 bits per heavy atom. The van der Waals surface area contributed by atoms with Gasteiger partial charge in [-0.3, -0.25) is 0 Å². The second-order valence-electron chi connectivity index (χ2n) is 8.03. The van der Waals surface area contributed by atoms with Gasteiger partial charge in [-0.05, 0) is 73.7 Å². The zero-order chi connectivity index (χ0) is 21.6. The SMILES string of the molecule is Cc1ccccc1COc1ccc(Cl)cc1CNc1ccc(N2CCCCC2)c(Cl)c1. The molecule has 0 atom stereocenters. The average molecular weight is 455 g/mol. The molecular formula is C26H28Cl2N2O. The maximum absolute atomic E-state index is 6.61. The van der Waals surface area contributed by atoms with Crippen LogP contribution in [0.15, 0.2) is 60.7 Å². The first-order valence-corrected chi connectivity index (χ1v) is 11.6. The van der Waals surface area contributed by atoms with Crippen LogP contribution >= 0.6 is 23.2 Å². The Hall–Kier alpha value is -2.36. The van der Waals surface area contributed by atoms with E-state index in [1.165, 1.54) is 30.4 Å². The monoisotopic (exact) mass is 454 g/mol. The summed E-state index contributed by atoms with van der Waals surface area (Å²) in [7, 11) is 0. The minimum Gasteiger partial charge on any atom is -0.489 e. The normalized spacial score (nSPS) is 13.8. The molecule has 1 N–H and O–H groups in total. The number of piperidine rings is 1. The van der Waals surface area contributed by atoms with Gasteiger partial charge in [0.2, 0.25) is 0 Å². The lowest BCUT2D eigenvalue weighted by Crippen LogP contribution is -2.29. The van der Waals surface area contributed by atoms with E-state index in [9.17, 15) is 0 Å². The highest BCUT2D eigenvalue weighted by molar-refractivity contribution is 6.33. The van der Waals surface area contributed by atoms with Gasteiger partial charge in [0.25, 0.3) is 0 Å². The number of ether oxygens (including phenoxy) is 1. The van der Waals surface area contributed by atoms with E-state index >= 15 is 0 Å². The summed E-state index contributed by atoms with van der Waals surface area (Å²) in [5.41, 5.74) is 5.51. The fourth-order valence-corrected chi connectivity index (χ4v) is 4.45. The number of nitrogens with zero attached hydrogens (tertiary/aromatic N) is 1. The highest BCUT2D eigenvalue weighted by Crippen LogP contribution is 2.32. The molecule has 1 aliphatic heterocycles. The molecule has 162 valence electrons. The number of rotatable bonds is 7. The summed E-state index contributed by atoms with van der Waals surface area (Å²) >= 11 is 12.9. The van der Waals surface area contributed by atoms with Crippen molar-refractivity contribution in [2.75, 3.05) is 23.3 Å². The number of halogens is 2. The predicted octanol–water partition coefficient (Wildman–Crippen LogP) is 7.48. The summed E-state index contributed by atoms with van der Waals surface area (Å²) in [4.78, 5) is 2.38. The van der Waals surface area contributed by atoms with Crippen LogP contribution in [-0.2, 0) is 13.2 Å². The van der Waals surface area contributed by atoms with Gasteiger partial charge in [-0.2, -0.15) is 0 Å². The van der Waals surface area contributed by atoms with Crippen LogP contribution in [0.5, 0.6) is 5.75 Å². The van der Waals surface area contributed by atoms with Gasteiger partial charge in [0, 0.05) is 35.9 Å². The molecule has 1 fully saturated rings. The molecule has 0 amide bonds. The van der Waals surface area contributed by atoms with Crippen molar-refractivity contribution in [2.45, 2.75) is 39.3 Å². The van der Waals surface area contributed by atoms with Crippen LogP contribution < -0.4 is 15.0 Å². The van der Waals surface area contributed by atoms with Gasteiger partial charge in [-0.25, -0.2) is 0 Å². The Kier molecular flexibility index (Phi) is 7.26. The molecule has 1 aliphatic rings. The van der Waals surface area contributed by atoms with Gasteiger partial charge in [0.15, 0.2) is 0 Å². The zero-order valence-corrected chi connectivity index (χ0v) is 19.3. The van der Waals surface area contributed by atoms with Gasteiger partial charge >= 0.3 is 0 Å². The van der Waals surface area contributed by atoms with E-state index in [1.54, 1.807) is 0 Å². The first-order valence-electron chi connectivity index (χ1n) is 10.8. The number of hydrogen-bond donors (Lipinski definition) is 1. The molecule has 31 heavy (non-hydrogen) atoms. The predicted molar refractivity (Wildman–Crippen MR) is 132 cm³/mol. The maximum atomic E-state index is 6.61. The first kappa shape index (κ1) is 21.9. The summed E-state index contributed by atoms with van der Waals surface area (Å²) in [5, 5.41) is 4.95. The minimum absolute atomic E-state index is 0.525. The van der Waals surface area contributed by atoms with Crippen molar-refractivity contribution in [1.29, 1.82) is 0 Å². The molecule has 3 aromatic rings. The molecule has 3 nitrogen and oxygen atoms in total. The number of benzene rings is 3. The van der Waals surface area contributed by atoms with Crippen molar-refractivity contribution in [2.24, 2.45) is 0 Å². The third-order valence-corrected chi connectivity index (χ3v) is 6.33. The highest BCUT2D eigenvalue weighted by atomic mass is 35.5. The van der Waals surface area contributed by atoms with Gasteiger partial charge in [0.05, 0.1) is 10.7 Å². The zero-order valence-electron chi connectivity index (χ0n) is 17.8. The lowest BCUT2D eigenvalue weighted by atomic mass is 10.1. The number of hydrogen-bond acceptors (Lipinski definition) is 3. The van der Waals surface area contributed by atoms with E-state index in [1.807, 2.05) is 36.4 Å². The molecule has 0 radical (unpaired) electrons. The Morgan fingerprint density at radius 3 is 2.48 bits per heavy atom. The fourth-order valence-electron chi connectivity index (χ4n) is 3.96. The summed E-state index contributed by atoms with van der Waals surface area (Å²) < 4.78 is 6.14. The number of aryl methyl sites for hydroxylation is 1. The molecule has 0 saturated carbocycles. The molecule has 0 bridgehead atoms. The van der Waals surface area contributed by atoms with Crippen molar-refractivity contribution in [1.82, 2.24) is 0 Å². The molecule has 0 spiro atoms. The summed E-state index contributed by atoms with van der Waals surface area (Å²) in [6.07, 6.45) is 3.77. The smallest absolute Gasteiger partial charge is 0.124 e. The maximum Gasteiger partial charge on any atom is 0.124 e. The topological polar surface area (TPSA) is 24.5 Å². The summed E-state index contributed by atoms with van der Waals surface area (Å²) in [5.74, 6) is 0.830. The molecule has 0 aliphatic carbocycles. The quantitative estimate of drug-likeness (QED) is 0.400. The Labute approximate surface area is 194 Å². The first-order chi connectivity index (χ1) is 15.1. The second kappa shape index (κ2) is 10.3. The standard InChI is InChI=1S/C26H28Cl2N2O/c1-19-7-3-4-8-20(19)18-31-26-12-9-22(27)15-21(26)17-29-23-10-11-25(24(28)16-23)30-13-5-2-6-14-30/h3-4,7-12,15-16,29H,2,5-6,13-14,17-18H2,1H3. The number of nitrogens with one attached hydrogen (secondary N) is 1. The molecule has 4 rings (SSSR count). The van der Waals surface area contributed by atoms with Crippen LogP contribution in [0, 0.1) is 6.92 Å². The minimum atomic E-state index is 0.525. The molecule has 1 saturated heterocycles. The second-order valence-corrected chi connectivity index (χ2v) is 8.88. The molecule has 5 heteroatoms. The summed E-state index contributed by atoms with van der Waals surface area (Å²) in [6, 6.07) is 20.2. The molecule has 1 heterocycles. The van der Waals surface area contributed by atoms with Crippen LogP contribution in [0.1, 0.15) is 36.0 Å². The fraction of sp³-hybridized carbons (Fsp3) is 0.308. The van der Waals surface area contributed by atoms with E-state index < -0.39 is 0 Å². The van der Waals surface area contributed by atoms with Gasteiger partial charge in [-0.15, -0.1) is 0 Å². The molecular weight excluding hydrogens is 427 g/mol. The summed E-state index contributed by atoms with van der Waals surface area (Å²) in [6.45, 7) is 5.38. The van der Waals surface area contributed by atoms with Crippen LogP contribution in [0.4, 0.5) is 11.4 Å². The van der Waals surface area contributed by atoms with Gasteiger partial charge in [-0.1, -0.05) is 47.5 Å². The molecule has 0 aromatic heterocycles. The Balaban J connectivity index is 1.43. The molecule has 3 aromatic carbocycles. The van der Waals surface area contributed by atoms with Gasteiger partial charge in [0.1, 0.15) is 12.4 Å². The van der Waals surface area contributed by atoms with Crippen LogP contribution in [0.25, 0.3) is 0 Å². The van der Waals surface area contributed by atoms with E-state index in [0.29, 0.717) is 18.2 Å². The van der Waals surface area contributed by atoms with Crippen molar-refractivity contribution in [3.8, 4) is 5.75 Å². The largest absolute Gasteiger partial charge is 0.489 e. The van der Waals surface area contributed by atoms with E-state index in [0.717, 1.165) is 40.8 Å². The van der Waals surface area contributed by atoms with E-state index in [4.69, 9.17) is 27.9 Å². The highest BCUT2D eigenvalue weighted by Gasteiger charge is 2.14. The Bertz CT molecular complexity index is 1030.